The van der Waals surface area contributed by atoms with Gasteiger partial charge in [-0.15, -0.1) is 0 Å². The lowest BCUT2D eigenvalue weighted by atomic mass is 9.96. The molecule has 1 fully saturated rings. The number of nitrogens with one attached hydrogen (secondary N) is 2. The number of hydrazone groups is 1. The van der Waals surface area contributed by atoms with Crippen LogP contribution in [0.4, 0.5) is 0 Å². The van der Waals surface area contributed by atoms with Crippen molar-refractivity contribution in [1.29, 1.82) is 0 Å². The first-order valence-corrected chi connectivity index (χ1v) is 9.94. The fourth-order valence-corrected chi connectivity index (χ4v) is 3.57. The number of nitrogens with zero attached hydrogens (tertiary/aromatic N) is 4. The third-order valence-electron chi connectivity index (χ3n) is 5.25. The maximum Gasteiger partial charge on any atom is 0.270 e. The van der Waals surface area contributed by atoms with E-state index in [-0.39, 0.29) is 17.7 Å². The molecular weight excluding hydrogens is 360 g/mol. The van der Waals surface area contributed by atoms with Crippen molar-refractivity contribution < 1.29 is 14.4 Å². The van der Waals surface area contributed by atoms with Gasteiger partial charge in [-0.2, -0.15) is 10.2 Å². The zero-order valence-corrected chi connectivity index (χ0v) is 16.5. The van der Waals surface area contributed by atoms with Crippen LogP contribution in [0.2, 0.25) is 0 Å². The number of piperidine rings is 1. The van der Waals surface area contributed by atoms with Crippen molar-refractivity contribution in [3.05, 3.63) is 17.5 Å². The summed E-state index contributed by atoms with van der Waals surface area (Å²) in [6.07, 6.45) is 5.14. The Kier molecular flexibility index (Phi) is 6.43. The Morgan fingerprint density at radius 3 is 2.68 bits per heavy atom. The molecule has 0 aliphatic carbocycles. The van der Waals surface area contributed by atoms with Gasteiger partial charge in [0.25, 0.3) is 11.8 Å². The summed E-state index contributed by atoms with van der Waals surface area (Å²) in [6.45, 7) is 6.60. The van der Waals surface area contributed by atoms with Gasteiger partial charge < -0.3 is 10.2 Å². The van der Waals surface area contributed by atoms with Crippen LogP contribution in [0.5, 0.6) is 0 Å². The van der Waals surface area contributed by atoms with Crippen molar-refractivity contribution in [2.75, 3.05) is 19.6 Å². The van der Waals surface area contributed by atoms with Gasteiger partial charge in [0.1, 0.15) is 5.71 Å². The molecule has 9 heteroatoms. The maximum atomic E-state index is 12.5. The van der Waals surface area contributed by atoms with Crippen LogP contribution in [0.15, 0.2) is 11.3 Å². The number of carbonyl (C=O) groups excluding carboxylic acids is 3. The first kappa shape index (κ1) is 20.0. The van der Waals surface area contributed by atoms with E-state index in [1.807, 2.05) is 11.6 Å². The minimum absolute atomic E-state index is 0.0920. The number of aromatic nitrogens is 2. The van der Waals surface area contributed by atoms with Gasteiger partial charge in [-0.05, 0) is 32.1 Å². The van der Waals surface area contributed by atoms with Gasteiger partial charge in [0.15, 0.2) is 0 Å². The average molecular weight is 388 g/mol. The average Bonchev–Trinajstić information content (AvgIpc) is 3.07. The lowest BCUT2D eigenvalue weighted by molar-refractivity contribution is -0.125. The third kappa shape index (κ3) is 4.76. The molecule has 0 atom stereocenters. The SMILES string of the molecule is CCCn1cc(C(=O)NCC2CCN(C(=O)C3=NNC(=O)CC3)CC2)c(C)n1. The largest absolute Gasteiger partial charge is 0.352 e. The molecule has 0 unspecified atom stereocenters. The summed E-state index contributed by atoms with van der Waals surface area (Å²) in [6, 6.07) is 0. The van der Waals surface area contributed by atoms with E-state index in [0.29, 0.717) is 49.7 Å². The van der Waals surface area contributed by atoms with Crippen molar-refractivity contribution in [1.82, 2.24) is 25.4 Å². The van der Waals surface area contributed by atoms with E-state index < -0.39 is 0 Å². The van der Waals surface area contributed by atoms with Gasteiger partial charge in [-0.1, -0.05) is 6.92 Å². The molecule has 9 nitrogen and oxygen atoms in total. The topological polar surface area (TPSA) is 109 Å². The van der Waals surface area contributed by atoms with Gasteiger partial charge in [0.05, 0.1) is 11.3 Å². The van der Waals surface area contributed by atoms with Crippen molar-refractivity contribution in [2.24, 2.45) is 11.0 Å². The quantitative estimate of drug-likeness (QED) is 0.752. The molecular formula is C19H28N6O3. The number of rotatable bonds is 6. The van der Waals surface area contributed by atoms with E-state index in [0.717, 1.165) is 31.5 Å². The molecule has 0 saturated carbocycles. The molecule has 28 heavy (non-hydrogen) atoms. The van der Waals surface area contributed by atoms with E-state index in [2.05, 4.69) is 27.9 Å². The summed E-state index contributed by atoms with van der Waals surface area (Å²) in [7, 11) is 0. The van der Waals surface area contributed by atoms with Crippen LogP contribution >= 0.6 is 0 Å². The van der Waals surface area contributed by atoms with Gasteiger partial charge >= 0.3 is 0 Å². The van der Waals surface area contributed by atoms with Gasteiger partial charge in [-0.25, -0.2) is 5.43 Å². The molecule has 0 aromatic carbocycles. The Morgan fingerprint density at radius 1 is 1.29 bits per heavy atom. The van der Waals surface area contributed by atoms with Crippen LogP contribution in [0.1, 0.15) is 55.1 Å². The summed E-state index contributed by atoms with van der Waals surface area (Å²) < 4.78 is 1.81. The Morgan fingerprint density at radius 2 is 2.04 bits per heavy atom. The number of aryl methyl sites for hydroxylation is 2. The highest BCUT2D eigenvalue weighted by Gasteiger charge is 2.28. The lowest BCUT2D eigenvalue weighted by Crippen LogP contribution is -2.45. The molecule has 0 bridgehead atoms. The van der Waals surface area contributed by atoms with Crippen LogP contribution in [0.25, 0.3) is 0 Å². The van der Waals surface area contributed by atoms with Crippen molar-refractivity contribution in [3.63, 3.8) is 0 Å². The van der Waals surface area contributed by atoms with Crippen LogP contribution in [-0.4, -0.2) is 57.7 Å². The van der Waals surface area contributed by atoms with Crippen LogP contribution < -0.4 is 10.7 Å². The number of likely N-dealkylation sites (tertiary alicyclic amines) is 1. The standard InChI is InChI=1S/C19H28N6O3/c1-3-8-25-12-15(13(2)23-25)18(27)20-11-14-6-9-24(10-7-14)19(28)16-4-5-17(26)22-21-16/h12,14H,3-11H2,1-2H3,(H,20,27)(H,22,26). The van der Waals surface area contributed by atoms with Gasteiger partial charge in [0, 0.05) is 45.2 Å². The van der Waals surface area contributed by atoms with Gasteiger partial charge in [-0.3, -0.25) is 19.1 Å². The fourth-order valence-electron chi connectivity index (χ4n) is 3.57. The second-order valence-electron chi connectivity index (χ2n) is 7.43. The van der Waals surface area contributed by atoms with Crippen molar-refractivity contribution in [3.8, 4) is 0 Å². The second kappa shape index (κ2) is 8.99. The normalized spacial score (nSPS) is 17.9. The van der Waals surface area contributed by atoms with Crippen LogP contribution in [0.3, 0.4) is 0 Å². The molecule has 2 N–H and O–H groups in total. The van der Waals surface area contributed by atoms with E-state index in [1.165, 1.54) is 0 Å². The molecule has 3 amide bonds. The molecule has 3 heterocycles. The number of hydrogen-bond donors (Lipinski definition) is 2. The highest BCUT2D eigenvalue weighted by molar-refractivity contribution is 6.39. The Bertz CT molecular complexity index is 777. The van der Waals surface area contributed by atoms with Crippen molar-refractivity contribution >= 4 is 23.4 Å². The highest BCUT2D eigenvalue weighted by atomic mass is 16.2. The Labute approximate surface area is 164 Å². The molecule has 0 radical (unpaired) electrons. The summed E-state index contributed by atoms with van der Waals surface area (Å²) in [4.78, 5) is 37.9. The molecule has 2 aliphatic heterocycles. The summed E-state index contributed by atoms with van der Waals surface area (Å²) in [5.41, 5.74) is 4.16. The first-order chi connectivity index (χ1) is 13.5. The summed E-state index contributed by atoms with van der Waals surface area (Å²) >= 11 is 0. The molecule has 152 valence electrons. The number of hydrogen-bond acceptors (Lipinski definition) is 5. The Balaban J connectivity index is 1.45. The molecule has 3 rings (SSSR count). The Hall–Kier alpha value is -2.71. The van der Waals surface area contributed by atoms with Crippen LogP contribution in [-0.2, 0) is 16.1 Å². The maximum absolute atomic E-state index is 12.5. The monoisotopic (exact) mass is 388 g/mol. The fraction of sp³-hybridized carbons (Fsp3) is 0.632. The summed E-state index contributed by atoms with van der Waals surface area (Å²) in [5.74, 6) is 0.000532. The molecule has 1 saturated heterocycles. The molecule has 0 spiro atoms. The minimum Gasteiger partial charge on any atom is -0.352 e. The third-order valence-corrected chi connectivity index (χ3v) is 5.25. The van der Waals surface area contributed by atoms with Gasteiger partial charge in [0.2, 0.25) is 5.91 Å². The van der Waals surface area contributed by atoms with E-state index in [9.17, 15) is 14.4 Å². The predicted molar refractivity (Wildman–Crippen MR) is 104 cm³/mol. The second-order valence-corrected chi connectivity index (χ2v) is 7.43. The van der Waals surface area contributed by atoms with Crippen LogP contribution in [0, 0.1) is 12.8 Å². The summed E-state index contributed by atoms with van der Waals surface area (Å²) in [5, 5.41) is 11.3. The molecule has 1 aromatic rings. The zero-order valence-electron chi connectivity index (χ0n) is 16.5. The van der Waals surface area contributed by atoms with E-state index in [1.54, 1.807) is 11.1 Å². The highest BCUT2D eigenvalue weighted by Crippen LogP contribution is 2.18. The molecule has 2 aliphatic rings. The van der Waals surface area contributed by atoms with E-state index in [4.69, 9.17) is 0 Å². The number of amides is 3. The lowest BCUT2D eigenvalue weighted by Gasteiger charge is -2.32. The zero-order chi connectivity index (χ0) is 20.1. The van der Waals surface area contributed by atoms with E-state index >= 15 is 0 Å². The smallest absolute Gasteiger partial charge is 0.270 e. The molecule has 1 aromatic heterocycles. The number of carbonyl (C=O) groups is 3. The predicted octanol–water partition coefficient (Wildman–Crippen LogP) is 0.836. The first-order valence-electron chi connectivity index (χ1n) is 9.94. The van der Waals surface area contributed by atoms with Crippen molar-refractivity contribution in [2.45, 2.75) is 52.5 Å². The minimum atomic E-state index is -0.151.